The third kappa shape index (κ3) is 8.88. The summed E-state index contributed by atoms with van der Waals surface area (Å²) >= 11 is 0. The molecule has 2 atom stereocenters. The monoisotopic (exact) mass is 670 g/mol. The lowest BCUT2D eigenvalue weighted by Gasteiger charge is -2.35. The van der Waals surface area contributed by atoms with E-state index in [1.165, 1.54) is 47.6 Å². The maximum Gasteiger partial charge on any atom is 0.243 e. The maximum atomic E-state index is 15.3. The first-order valence-electron chi connectivity index (χ1n) is 14.8. The Bertz CT molecular complexity index is 1760. The number of halogens is 4. The predicted molar refractivity (Wildman–Crippen MR) is 170 cm³/mol. The molecule has 1 amide bonds. The second kappa shape index (κ2) is 15.9. The summed E-state index contributed by atoms with van der Waals surface area (Å²) < 4.78 is 85.5. The normalized spacial score (nSPS) is 17.0. The Kier molecular flexibility index (Phi) is 12.0. The van der Waals surface area contributed by atoms with Crippen LogP contribution in [0.5, 0.6) is 0 Å². The largest absolute Gasteiger partial charge is 0.324 e. The third-order valence-electron chi connectivity index (χ3n) is 7.88. The summed E-state index contributed by atoms with van der Waals surface area (Å²) in [5, 5.41) is 13.7. The zero-order chi connectivity index (χ0) is 34.1. The van der Waals surface area contributed by atoms with E-state index in [0.29, 0.717) is 30.0 Å². The van der Waals surface area contributed by atoms with E-state index < -0.39 is 51.2 Å². The fraction of sp³-hybridized carbons (Fsp3) is 0.265. The Labute approximate surface area is 270 Å². The van der Waals surface area contributed by atoms with Crippen molar-refractivity contribution in [2.24, 2.45) is 0 Å². The van der Waals surface area contributed by atoms with Crippen LogP contribution < -0.4 is 10.6 Å². The van der Waals surface area contributed by atoms with Gasteiger partial charge < -0.3 is 16.0 Å². The number of amides is 1. The van der Waals surface area contributed by atoms with Crippen LogP contribution in [0.4, 0.5) is 17.6 Å². The molecule has 13 heteroatoms. The smallest absolute Gasteiger partial charge is 0.243 e. The van der Waals surface area contributed by atoms with Gasteiger partial charge in [-0.15, -0.1) is 0 Å². The molecule has 0 bridgehead atoms. The van der Waals surface area contributed by atoms with Crippen LogP contribution in [-0.2, 0) is 14.8 Å². The van der Waals surface area contributed by atoms with Crippen LogP contribution in [0.25, 0.3) is 0 Å². The molecule has 248 valence electrons. The van der Waals surface area contributed by atoms with Crippen molar-refractivity contribution in [2.75, 3.05) is 19.6 Å². The van der Waals surface area contributed by atoms with Crippen molar-refractivity contribution in [3.63, 3.8) is 0 Å². The minimum atomic E-state index is -3.97. The van der Waals surface area contributed by atoms with Gasteiger partial charge >= 0.3 is 0 Å². The Morgan fingerprint density at radius 1 is 1.02 bits per heavy atom. The molecule has 1 saturated heterocycles. The van der Waals surface area contributed by atoms with Crippen molar-refractivity contribution < 1.29 is 35.6 Å². The lowest BCUT2D eigenvalue weighted by molar-refractivity contribution is -0.120. The SMILES string of the molecule is C/C=C(F)\C(CC[C@H]1CNCCN1S(=O)(=O)c1ccc(C=O)cc1)=C(/C=N)NC(=O)C[C@@H](c1ccc(F)cc1)c1cc(F)cc(F)c1. The van der Waals surface area contributed by atoms with Crippen LogP contribution in [0.2, 0.25) is 0 Å². The Hall–Kier alpha value is -4.46. The molecule has 0 spiro atoms. The number of sulfonamides is 1. The molecule has 1 fully saturated rings. The number of hydrogen-bond donors (Lipinski definition) is 3. The number of allylic oxidation sites excluding steroid dienone is 4. The number of carbonyl (C=O) groups is 2. The van der Waals surface area contributed by atoms with Crippen molar-refractivity contribution in [1.29, 1.82) is 5.41 Å². The second-order valence-corrected chi connectivity index (χ2v) is 12.8. The van der Waals surface area contributed by atoms with Gasteiger partial charge in [-0.1, -0.05) is 30.3 Å². The van der Waals surface area contributed by atoms with E-state index in [2.05, 4.69) is 10.6 Å². The zero-order valence-corrected chi connectivity index (χ0v) is 26.3. The molecule has 1 aliphatic rings. The molecule has 4 rings (SSSR count). The van der Waals surface area contributed by atoms with E-state index in [0.717, 1.165) is 36.6 Å². The second-order valence-electron chi connectivity index (χ2n) is 10.9. The predicted octanol–water partition coefficient (Wildman–Crippen LogP) is 5.77. The summed E-state index contributed by atoms with van der Waals surface area (Å²) in [7, 11) is -3.97. The summed E-state index contributed by atoms with van der Waals surface area (Å²) in [6.07, 6.45) is 2.23. The van der Waals surface area contributed by atoms with Gasteiger partial charge in [0.05, 0.1) is 10.6 Å². The van der Waals surface area contributed by atoms with Crippen LogP contribution in [0.1, 0.15) is 53.6 Å². The molecule has 3 aromatic rings. The maximum absolute atomic E-state index is 15.3. The van der Waals surface area contributed by atoms with Gasteiger partial charge in [-0.2, -0.15) is 4.31 Å². The van der Waals surface area contributed by atoms with E-state index >= 15 is 4.39 Å². The number of benzene rings is 3. The van der Waals surface area contributed by atoms with E-state index in [1.807, 2.05) is 0 Å². The molecular formula is C34H34F4N4O4S. The van der Waals surface area contributed by atoms with Crippen LogP contribution in [-0.4, -0.2) is 56.8 Å². The standard InChI is InChI=1S/C34H34F4N4O4S/c1-2-32(38)30(12-9-28-20-40-13-14-42(28)47(45,46)29-10-3-22(21-43)4-11-29)33(19-39)41-34(44)18-31(23-5-7-25(35)8-6-23)24-15-26(36)17-27(37)16-24/h2-8,10-11,15-17,19,21,28,31,39-40H,9,12-14,18,20H2,1H3,(H,41,44)/b32-2+,33-30+,39-19?/t28-,31-/m0/s1. The number of aldehydes is 1. The van der Waals surface area contributed by atoms with Crippen molar-refractivity contribution in [2.45, 2.75) is 43.0 Å². The van der Waals surface area contributed by atoms with Crippen molar-refractivity contribution in [1.82, 2.24) is 14.9 Å². The highest BCUT2D eigenvalue weighted by molar-refractivity contribution is 7.89. The lowest BCUT2D eigenvalue weighted by atomic mass is 9.88. The lowest BCUT2D eigenvalue weighted by Crippen LogP contribution is -2.53. The van der Waals surface area contributed by atoms with Gasteiger partial charge in [-0.05, 0) is 67.3 Å². The van der Waals surface area contributed by atoms with Crippen molar-refractivity contribution >= 4 is 28.4 Å². The molecule has 0 aromatic heterocycles. The molecule has 47 heavy (non-hydrogen) atoms. The van der Waals surface area contributed by atoms with E-state index in [9.17, 15) is 31.2 Å². The Morgan fingerprint density at radius 2 is 1.68 bits per heavy atom. The average Bonchev–Trinajstić information content (AvgIpc) is 3.06. The molecule has 0 saturated carbocycles. The van der Waals surface area contributed by atoms with Crippen LogP contribution >= 0.6 is 0 Å². The molecule has 0 radical (unpaired) electrons. The van der Waals surface area contributed by atoms with Crippen LogP contribution in [0, 0.1) is 22.9 Å². The van der Waals surface area contributed by atoms with Gasteiger partial charge in [-0.3, -0.25) is 9.59 Å². The Morgan fingerprint density at radius 3 is 2.28 bits per heavy atom. The minimum Gasteiger partial charge on any atom is -0.324 e. The number of hydrogen-bond acceptors (Lipinski definition) is 6. The van der Waals surface area contributed by atoms with Gasteiger partial charge in [0.25, 0.3) is 0 Å². The fourth-order valence-electron chi connectivity index (χ4n) is 5.51. The number of rotatable bonds is 13. The molecule has 3 aromatic carbocycles. The van der Waals surface area contributed by atoms with Crippen LogP contribution in [0.3, 0.4) is 0 Å². The molecule has 0 unspecified atom stereocenters. The molecule has 8 nitrogen and oxygen atoms in total. The third-order valence-corrected chi connectivity index (χ3v) is 9.85. The molecular weight excluding hydrogens is 636 g/mol. The number of nitrogens with zero attached hydrogens (tertiary/aromatic N) is 1. The van der Waals surface area contributed by atoms with Gasteiger partial charge in [0.1, 0.15) is 29.6 Å². The van der Waals surface area contributed by atoms with Crippen LogP contribution in [0.15, 0.2) is 94.8 Å². The molecule has 3 N–H and O–H groups in total. The molecule has 1 aliphatic heterocycles. The Balaban J connectivity index is 1.58. The highest BCUT2D eigenvalue weighted by Crippen LogP contribution is 2.31. The topological polar surface area (TPSA) is 119 Å². The number of nitrogens with one attached hydrogen (secondary N) is 3. The number of carbonyl (C=O) groups excluding carboxylic acids is 2. The van der Waals surface area contributed by atoms with Crippen molar-refractivity contribution in [3.8, 4) is 0 Å². The summed E-state index contributed by atoms with van der Waals surface area (Å²) in [5.74, 6) is -4.61. The van der Waals surface area contributed by atoms with Crippen molar-refractivity contribution in [3.05, 3.63) is 124 Å². The summed E-state index contributed by atoms with van der Waals surface area (Å²) in [6.45, 7) is 2.24. The van der Waals surface area contributed by atoms with E-state index in [4.69, 9.17) is 5.41 Å². The number of piperazine rings is 1. The molecule has 0 aliphatic carbocycles. The highest BCUT2D eigenvalue weighted by Gasteiger charge is 2.34. The van der Waals surface area contributed by atoms with Gasteiger partial charge in [0.2, 0.25) is 15.9 Å². The molecule has 1 heterocycles. The average molecular weight is 671 g/mol. The quantitative estimate of drug-likeness (QED) is 0.0923. The zero-order valence-electron chi connectivity index (χ0n) is 25.5. The summed E-state index contributed by atoms with van der Waals surface area (Å²) in [4.78, 5) is 24.4. The van der Waals surface area contributed by atoms with Gasteiger partial charge in [0.15, 0.2) is 0 Å². The minimum absolute atomic E-state index is 0.00623. The van der Waals surface area contributed by atoms with E-state index in [1.54, 1.807) is 0 Å². The van der Waals surface area contributed by atoms with Gasteiger partial charge in [0, 0.05) is 61.4 Å². The first-order chi connectivity index (χ1) is 22.5. The first kappa shape index (κ1) is 35.4. The summed E-state index contributed by atoms with van der Waals surface area (Å²) in [5.41, 5.74) is 0.640. The summed E-state index contributed by atoms with van der Waals surface area (Å²) in [6, 6.07) is 12.8. The van der Waals surface area contributed by atoms with E-state index in [-0.39, 0.29) is 54.1 Å². The first-order valence-corrected chi connectivity index (χ1v) is 16.3. The highest BCUT2D eigenvalue weighted by atomic mass is 32.2. The van der Waals surface area contributed by atoms with Gasteiger partial charge in [-0.25, -0.2) is 26.0 Å². The fourth-order valence-corrected chi connectivity index (χ4v) is 7.17.